The zero-order chi connectivity index (χ0) is 15.4. The number of carbonyl (C=O) groups is 1. The van der Waals surface area contributed by atoms with E-state index in [0.717, 1.165) is 0 Å². The van der Waals surface area contributed by atoms with E-state index in [1.165, 1.54) is 10.9 Å². The maximum Gasteiger partial charge on any atom is 0.505 e. The number of benzene rings is 1. The molecule has 0 bridgehead atoms. The summed E-state index contributed by atoms with van der Waals surface area (Å²) in [5.74, 6) is -0.463. The van der Waals surface area contributed by atoms with E-state index in [9.17, 15) is 14.2 Å². The second kappa shape index (κ2) is 6.47. The van der Waals surface area contributed by atoms with E-state index in [4.69, 9.17) is 4.89 Å². The Bertz CT molecular complexity index is 721. The standard InChI is InChI=1S/C13H14N3O4P/c1-15-9-11(14-12(17)7-8-21(19)20)13(18)16(15)10-5-3-2-4-6-10/h2-6,9H,7-8H2,1H3,(H-,14,17,19,20)/p+1. The van der Waals surface area contributed by atoms with Gasteiger partial charge in [-0.2, -0.15) is 4.89 Å². The number of nitrogens with zero attached hydrogens (tertiary/aromatic N) is 2. The van der Waals surface area contributed by atoms with E-state index in [1.54, 1.807) is 23.9 Å². The van der Waals surface area contributed by atoms with Crippen LogP contribution in [0.3, 0.4) is 0 Å². The smallest absolute Gasteiger partial charge is 0.320 e. The number of amides is 1. The Kier molecular flexibility index (Phi) is 4.67. The molecule has 0 radical (unpaired) electrons. The zero-order valence-electron chi connectivity index (χ0n) is 11.4. The minimum atomic E-state index is -2.35. The van der Waals surface area contributed by atoms with E-state index >= 15 is 0 Å². The number of rotatable bonds is 5. The first-order valence-corrected chi connectivity index (χ1v) is 7.66. The summed E-state index contributed by atoms with van der Waals surface area (Å²) in [4.78, 5) is 32.6. The summed E-state index contributed by atoms with van der Waals surface area (Å²) in [6, 6.07) is 9.03. The van der Waals surface area contributed by atoms with Crippen LogP contribution >= 0.6 is 8.03 Å². The number of carbonyl (C=O) groups excluding carboxylic acids is 1. The largest absolute Gasteiger partial charge is 0.505 e. The maximum atomic E-state index is 12.3. The van der Waals surface area contributed by atoms with Crippen LogP contribution in [-0.2, 0) is 16.4 Å². The lowest BCUT2D eigenvalue weighted by Crippen LogP contribution is -2.23. The third-order valence-corrected chi connectivity index (χ3v) is 3.47. The van der Waals surface area contributed by atoms with E-state index in [0.29, 0.717) is 5.69 Å². The number of hydrogen-bond donors (Lipinski definition) is 2. The van der Waals surface area contributed by atoms with Gasteiger partial charge in [0.2, 0.25) is 5.91 Å². The molecule has 0 fully saturated rings. The molecule has 1 heterocycles. The van der Waals surface area contributed by atoms with Crippen molar-refractivity contribution in [2.45, 2.75) is 6.42 Å². The van der Waals surface area contributed by atoms with E-state index in [-0.39, 0.29) is 23.8 Å². The summed E-state index contributed by atoms with van der Waals surface area (Å²) >= 11 is 0. The molecule has 2 N–H and O–H groups in total. The van der Waals surface area contributed by atoms with Crippen LogP contribution < -0.4 is 10.9 Å². The summed E-state index contributed by atoms with van der Waals surface area (Å²) in [5, 5.41) is 2.46. The number of anilines is 1. The molecule has 1 unspecified atom stereocenters. The van der Waals surface area contributed by atoms with Gasteiger partial charge in [-0.05, 0) is 16.7 Å². The number of hydrogen-bond acceptors (Lipinski definition) is 3. The first kappa shape index (κ1) is 15.2. The van der Waals surface area contributed by atoms with Crippen LogP contribution in [0.4, 0.5) is 5.69 Å². The number of aryl methyl sites for hydroxylation is 1. The summed E-state index contributed by atoms with van der Waals surface area (Å²) in [6.07, 6.45) is 1.28. The SMILES string of the molecule is Cn1cc(NC(=O)CC[P+](=O)O)c(=O)n1-c1ccccc1. The monoisotopic (exact) mass is 308 g/mol. The maximum absolute atomic E-state index is 12.3. The molecule has 110 valence electrons. The summed E-state index contributed by atoms with van der Waals surface area (Å²) < 4.78 is 13.6. The molecule has 0 aliphatic rings. The molecular formula is C13H15N3O4P+. The number of nitrogens with one attached hydrogen (secondary N) is 1. The second-order valence-electron chi connectivity index (χ2n) is 4.44. The highest BCUT2D eigenvalue weighted by Crippen LogP contribution is 2.14. The minimum Gasteiger partial charge on any atom is -0.320 e. The lowest BCUT2D eigenvalue weighted by atomic mass is 10.3. The normalized spacial score (nSPS) is 11.2. The molecule has 0 aliphatic carbocycles. The van der Waals surface area contributed by atoms with Crippen molar-refractivity contribution in [3.8, 4) is 5.69 Å². The van der Waals surface area contributed by atoms with Crippen molar-refractivity contribution in [1.82, 2.24) is 9.36 Å². The Morgan fingerprint density at radius 1 is 1.33 bits per heavy atom. The first-order valence-electron chi connectivity index (χ1n) is 6.26. The molecule has 0 saturated heterocycles. The molecule has 0 spiro atoms. The van der Waals surface area contributed by atoms with Gasteiger partial charge in [-0.3, -0.25) is 14.3 Å². The minimum absolute atomic E-state index is 0.106. The molecule has 1 aromatic carbocycles. The van der Waals surface area contributed by atoms with Crippen LogP contribution in [0.15, 0.2) is 41.3 Å². The van der Waals surface area contributed by atoms with Gasteiger partial charge in [0.05, 0.1) is 18.3 Å². The van der Waals surface area contributed by atoms with Crippen molar-refractivity contribution in [2.24, 2.45) is 7.05 Å². The molecule has 7 nitrogen and oxygen atoms in total. The third-order valence-electron chi connectivity index (χ3n) is 2.86. The highest BCUT2D eigenvalue weighted by molar-refractivity contribution is 7.38. The molecular weight excluding hydrogens is 293 g/mol. The van der Waals surface area contributed by atoms with Crippen molar-refractivity contribution < 1.29 is 14.3 Å². The number of para-hydroxylation sites is 1. The van der Waals surface area contributed by atoms with Gasteiger partial charge >= 0.3 is 8.03 Å². The van der Waals surface area contributed by atoms with Crippen LogP contribution in [0.25, 0.3) is 5.69 Å². The predicted molar refractivity (Wildman–Crippen MR) is 78.9 cm³/mol. The fraction of sp³-hybridized carbons (Fsp3) is 0.231. The molecule has 1 amide bonds. The van der Waals surface area contributed by atoms with Gasteiger partial charge in [0.15, 0.2) is 6.16 Å². The lowest BCUT2D eigenvalue weighted by molar-refractivity contribution is -0.115. The Morgan fingerprint density at radius 2 is 2.00 bits per heavy atom. The Balaban J connectivity index is 2.22. The van der Waals surface area contributed by atoms with Gasteiger partial charge in [0, 0.05) is 7.05 Å². The van der Waals surface area contributed by atoms with Crippen molar-refractivity contribution in [3.63, 3.8) is 0 Å². The van der Waals surface area contributed by atoms with Crippen LogP contribution in [0.1, 0.15) is 6.42 Å². The van der Waals surface area contributed by atoms with Gasteiger partial charge in [0.1, 0.15) is 5.69 Å². The highest BCUT2D eigenvalue weighted by Gasteiger charge is 2.17. The van der Waals surface area contributed by atoms with Crippen LogP contribution in [-0.4, -0.2) is 26.3 Å². The Morgan fingerprint density at radius 3 is 2.62 bits per heavy atom. The first-order chi connectivity index (χ1) is 9.99. The molecule has 2 aromatic rings. The van der Waals surface area contributed by atoms with Gasteiger partial charge in [0.25, 0.3) is 5.56 Å². The summed E-state index contributed by atoms with van der Waals surface area (Å²) in [7, 11) is -0.663. The van der Waals surface area contributed by atoms with Gasteiger partial charge in [-0.15, -0.1) is 0 Å². The molecule has 0 aliphatic heterocycles. The third kappa shape index (κ3) is 3.65. The van der Waals surface area contributed by atoms with Gasteiger partial charge < -0.3 is 5.32 Å². The Labute approximate surface area is 121 Å². The molecule has 2 rings (SSSR count). The van der Waals surface area contributed by atoms with Crippen molar-refractivity contribution in [2.75, 3.05) is 11.5 Å². The number of aromatic nitrogens is 2. The van der Waals surface area contributed by atoms with Crippen LogP contribution in [0, 0.1) is 0 Å². The van der Waals surface area contributed by atoms with Crippen LogP contribution in [0.2, 0.25) is 0 Å². The molecule has 0 saturated carbocycles. The van der Waals surface area contributed by atoms with Gasteiger partial charge in [-0.25, -0.2) is 4.68 Å². The Hall–Kier alpha value is -2.24. The fourth-order valence-corrected chi connectivity index (χ4v) is 2.32. The average molecular weight is 308 g/mol. The quantitative estimate of drug-likeness (QED) is 0.813. The average Bonchev–Trinajstić information content (AvgIpc) is 2.72. The fourth-order valence-electron chi connectivity index (χ4n) is 1.92. The van der Waals surface area contributed by atoms with Gasteiger partial charge in [-0.1, -0.05) is 18.2 Å². The van der Waals surface area contributed by atoms with Crippen molar-refractivity contribution >= 4 is 19.6 Å². The lowest BCUT2D eigenvalue weighted by Gasteiger charge is -2.05. The highest BCUT2D eigenvalue weighted by atomic mass is 31.1. The zero-order valence-corrected chi connectivity index (χ0v) is 12.3. The van der Waals surface area contributed by atoms with E-state index in [1.807, 2.05) is 18.2 Å². The van der Waals surface area contributed by atoms with Crippen LogP contribution in [0.5, 0.6) is 0 Å². The van der Waals surface area contributed by atoms with E-state index in [2.05, 4.69) is 5.32 Å². The van der Waals surface area contributed by atoms with Crippen molar-refractivity contribution in [1.29, 1.82) is 0 Å². The molecule has 21 heavy (non-hydrogen) atoms. The second-order valence-corrected chi connectivity index (χ2v) is 5.59. The summed E-state index contributed by atoms with van der Waals surface area (Å²) in [5.41, 5.74) is 0.467. The topological polar surface area (TPSA) is 93.3 Å². The predicted octanol–water partition coefficient (Wildman–Crippen LogP) is 1.24. The van der Waals surface area contributed by atoms with Crippen molar-refractivity contribution in [3.05, 3.63) is 46.9 Å². The molecule has 1 aromatic heterocycles. The van der Waals surface area contributed by atoms with E-state index < -0.39 is 13.9 Å². The molecule has 8 heteroatoms. The summed E-state index contributed by atoms with van der Waals surface area (Å²) in [6.45, 7) is 0. The molecule has 1 atom stereocenters.